The summed E-state index contributed by atoms with van der Waals surface area (Å²) < 4.78 is 28.3. The third-order valence-electron chi connectivity index (χ3n) is 7.40. The number of morpholine rings is 1. The number of anilines is 1. The molecule has 212 valence electrons. The monoisotopic (exact) mass is 557 g/mol. The van der Waals surface area contributed by atoms with Gasteiger partial charge in [0, 0.05) is 49.5 Å². The van der Waals surface area contributed by atoms with E-state index in [1.54, 1.807) is 25.6 Å². The van der Waals surface area contributed by atoms with Crippen LogP contribution < -0.4 is 15.6 Å². The van der Waals surface area contributed by atoms with Crippen LogP contribution in [0.2, 0.25) is 0 Å². The van der Waals surface area contributed by atoms with Crippen LogP contribution in [0.15, 0.2) is 65.8 Å². The molecule has 0 atom stereocenters. The molecule has 5 aromatic rings. The Morgan fingerprint density at radius 3 is 2.80 bits per heavy atom. The second-order valence-corrected chi connectivity index (χ2v) is 10.0. The molecule has 1 saturated heterocycles. The molecule has 1 fully saturated rings. The van der Waals surface area contributed by atoms with Crippen molar-refractivity contribution >= 4 is 27.6 Å². The maximum atomic E-state index is 14.3. The number of pyridine rings is 2. The van der Waals surface area contributed by atoms with Crippen molar-refractivity contribution in [1.82, 2.24) is 29.2 Å². The molecule has 5 heterocycles. The molecule has 1 N–H and O–H groups in total. The van der Waals surface area contributed by atoms with Gasteiger partial charge in [0.1, 0.15) is 17.1 Å². The third kappa shape index (κ3) is 5.91. The largest absolute Gasteiger partial charge is 0.495 e. The van der Waals surface area contributed by atoms with Crippen molar-refractivity contribution in [3.05, 3.63) is 82.8 Å². The molecule has 6 rings (SSSR count). The molecule has 0 amide bonds. The van der Waals surface area contributed by atoms with E-state index in [0.717, 1.165) is 67.8 Å². The number of hydrogen-bond acceptors (Lipinski definition) is 8. The Labute approximate surface area is 236 Å². The predicted molar refractivity (Wildman–Crippen MR) is 155 cm³/mol. The van der Waals surface area contributed by atoms with Crippen LogP contribution in [0.25, 0.3) is 27.8 Å². The smallest absolute Gasteiger partial charge is 0.266 e. The summed E-state index contributed by atoms with van der Waals surface area (Å²) in [4.78, 5) is 23.9. The van der Waals surface area contributed by atoms with Gasteiger partial charge >= 0.3 is 0 Å². The van der Waals surface area contributed by atoms with Crippen molar-refractivity contribution in [3.63, 3.8) is 0 Å². The lowest BCUT2D eigenvalue weighted by atomic mass is 10.1. The average molecular weight is 558 g/mol. The summed E-state index contributed by atoms with van der Waals surface area (Å²) >= 11 is 0. The standard InChI is InChI=1S/C30H32FN7O3/c1-40-23-18-26-30(34-19-23)25(8-9-32-26)33-10-12-38-29(39)7-6-28(35-38)37-20-21(24-5-4-22(31)17-27(24)37)3-2-11-36-13-15-41-16-14-36/h4-9,17-20H,2-3,10-16H2,1H3,(H,32,33). The van der Waals surface area contributed by atoms with E-state index in [9.17, 15) is 9.18 Å². The first-order valence-corrected chi connectivity index (χ1v) is 13.8. The molecule has 10 nitrogen and oxygen atoms in total. The number of ether oxygens (including phenoxy) is 2. The number of halogens is 1. The van der Waals surface area contributed by atoms with Gasteiger partial charge < -0.3 is 14.8 Å². The van der Waals surface area contributed by atoms with Crippen LogP contribution in [0.5, 0.6) is 5.75 Å². The van der Waals surface area contributed by atoms with Crippen molar-refractivity contribution in [2.24, 2.45) is 0 Å². The number of nitrogens with one attached hydrogen (secondary N) is 1. The molecule has 0 bridgehead atoms. The summed E-state index contributed by atoms with van der Waals surface area (Å²) in [6, 6.07) is 11.7. The summed E-state index contributed by atoms with van der Waals surface area (Å²) in [5.41, 5.74) is 3.86. The first kappa shape index (κ1) is 26.9. The van der Waals surface area contributed by atoms with Crippen molar-refractivity contribution in [2.75, 3.05) is 51.8 Å². The molecule has 1 aliphatic rings. The lowest BCUT2D eigenvalue weighted by molar-refractivity contribution is 0.0375. The van der Waals surface area contributed by atoms with Crippen LogP contribution in [-0.4, -0.2) is 75.7 Å². The zero-order valence-corrected chi connectivity index (χ0v) is 22.9. The Kier molecular flexibility index (Phi) is 7.88. The lowest BCUT2D eigenvalue weighted by Gasteiger charge is -2.26. The van der Waals surface area contributed by atoms with E-state index in [1.807, 2.05) is 29.0 Å². The molecule has 1 aromatic carbocycles. The van der Waals surface area contributed by atoms with E-state index < -0.39 is 0 Å². The van der Waals surface area contributed by atoms with Gasteiger partial charge in [-0.15, -0.1) is 0 Å². The van der Waals surface area contributed by atoms with Gasteiger partial charge in [0.05, 0.1) is 49.8 Å². The zero-order chi connectivity index (χ0) is 28.2. The number of fused-ring (bicyclic) bond motifs is 2. The van der Waals surface area contributed by atoms with Crippen LogP contribution in [0.4, 0.5) is 10.1 Å². The number of hydrogen-bond donors (Lipinski definition) is 1. The van der Waals surface area contributed by atoms with Crippen molar-refractivity contribution < 1.29 is 13.9 Å². The third-order valence-corrected chi connectivity index (χ3v) is 7.40. The number of rotatable bonds is 10. The highest BCUT2D eigenvalue weighted by atomic mass is 19.1. The normalized spacial score (nSPS) is 14.1. The van der Waals surface area contributed by atoms with Crippen molar-refractivity contribution in [3.8, 4) is 11.6 Å². The molecule has 1 aliphatic heterocycles. The first-order chi connectivity index (χ1) is 20.1. The van der Waals surface area contributed by atoms with E-state index in [2.05, 4.69) is 25.3 Å². The number of nitrogens with zero attached hydrogens (tertiary/aromatic N) is 6. The number of methoxy groups -OCH3 is 1. The minimum absolute atomic E-state index is 0.216. The summed E-state index contributed by atoms with van der Waals surface area (Å²) in [7, 11) is 1.59. The highest BCUT2D eigenvalue weighted by Crippen LogP contribution is 2.26. The number of aryl methyl sites for hydroxylation is 1. The van der Waals surface area contributed by atoms with Crippen molar-refractivity contribution in [1.29, 1.82) is 0 Å². The Hall–Kier alpha value is -4.35. The van der Waals surface area contributed by atoms with Crippen LogP contribution in [0.3, 0.4) is 0 Å². The van der Waals surface area contributed by atoms with E-state index in [-0.39, 0.29) is 11.4 Å². The first-order valence-electron chi connectivity index (χ1n) is 13.8. The SMILES string of the molecule is COc1cnc2c(NCCn3nc(-n4cc(CCCN5CCOCC5)c5ccc(F)cc54)ccc3=O)ccnc2c1. The Morgan fingerprint density at radius 2 is 1.95 bits per heavy atom. The van der Waals surface area contributed by atoms with Crippen molar-refractivity contribution in [2.45, 2.75) is 19.4 Å². The number of aromatic nitrogens is 5. The summed E-state index contributed by atoms with van der Waals surface area (Å²) in [6.07, 6.45) is 7.20. The highest BCUT2D eigenvalue weighted by Gasteiger charge is 2.15. The van der Waals surface area contributed by atoms with Crippen LogP contribution in [0.1, 0.15) is 12.0 Å². The Morgan fingerprint density at radius 1 is 1.07 bits per heavy atom. The molecule has 0 unspecified atom stereocenters. The fourth-order valence-corrected chi connectivity index (χ4v) is 5.27. The Bertz CT molecular complexity index is 1730. The average Bonchev–Trinajstić information content (AvgIpc) is 3.35. The molecule has 0 radical (unpaired) electrons. The number of benzene rings is 1. The van der Waals surface area contributed by atoms with Crippen LogP contribution in [0, 0.1) is 5.82 Å². The van der Waals surface area contributed by atoms with Crippen LogP contribution in [-0.2, 0) is 17.7 Å². The van der Waals surface area contributed by atoms with Gasteiger partial charge in [0.15, 0.2) is 5.82 Å². The molecule has 0 aliphatic carbocycles. The highest BCUT2D eigenvalue weighted by molar-refractivity contribution is 5.88. The van der Waals surface area contributed by atoms with Gasteiger partial charge in [-0.1, -0.05) is 0 Å². The second-order valence-electron chi connectivity index (χ2n) is 10.0. The van der Waals surface area contributed by atoms with E-state index in [4.69, 9.17) is 9.47 Å². The van der Waals surface area contributed by atoms with Gasteiger partial charge in [-0.3, -0.25) is 19.2 Å². The fourth-order valence-electron chi connectivity index (χ4n) is 5.27. The predicted octanol–water partition coefficient (Wildman–Crippen LogP) is 3.66. The van der Waals surface area contributed by atoms with Gasteiger partial charge in [-0.2, -0.15) is 5.10 Å². The van der Waals surface area contributed by atoms with Crippen LogP contribution >= 0.6 is 0 Å². The van der Waals surface area contributed by atoms with Gasteiger partial charge in [-0.25, -0.2) is 14.1 Å². The maximum absolute atomic E-state index is 14.3. The molecular weight excluding hydrogens is 525 g/mol. The quantitative estimate of drug-likeness (QED) is 0.278. The zero-order valence-electron chi connectivity index (χ0n) is 22.9. The van der Waals surface area contributed by atoms with Gasteiger partial charge in [0.2, 0.25) is 0 Å². The van der Waals surface area contributed by atoms with Gasteiger partial charge in [-0.05, 0) is 55.3 Å². The minimum Gasteiger partial charge on any atom is -0.495 e. The van der Waals surface area contributed by atoms with E-state index >= 15 is 0 Å². The lowest BCUT2D eigenvalue weighted by Crippen LogP contribution is -2.36. The molecular formula is C30H32FN7O3. The molecule has 11 heteroatoms. The molecule has 41 heavy (non-hydrogen) atoms. The molecule has 0 saturated carbocycles. The maximum Gasteiger partial charge on any atom is 0.266 e. The fraction of sp³-hybridized carbons (Fsp3) is 0.333. The second kappa shape index (κ2) is 12.0. The van der Waals surface area contributed by atoms with E-state index in [1.165, 1.54) is 22.9 Å². The molecule has 4 aromatic heterocycles. The van der Waals surface area contributed by atoms with Gasteiger partial charge in [0.25, 0.3) is 5.56 Å². The van der Waals surface area contributed by atoms with E-state index in [0.29, 0.717) is 35.7 Å². The summed E-state index contributed by atoms with van der Waals surface area (Å²) in [6.45, 7) is 5.22. The summed E-state index contributed by atoms with van der Waals surface area (Å²) in [5, 5.41) is 8.97. The minimum atomic E-state index is -0.315. The molecule has 0 spiro atoms. The Balaban J connectivity index is 1.20. The summed E-state index contributed by atoms with van der Waals surface area (Å²) in [5.74, 6) is 0.875. The topological polar surface area (TPSA) is 99.3 Å².